The van der Waals surface area contributed by atoms with E-state index in [1.165, 1.54) is 51.8 Å². The van der Waals surface area contributed by atoms with Crippen LogP contribution in [0, 0.1) is 45.3 Å². The molecule has 49 heavy (non-hydrogen) atoms. The highest BCUT2D eigenvalue weighted by atomic mass is 16.7. The van der Waals surface area contributed by atoms with E-state index in [0.717, 1.165) is 64.0 Å². The van der Waals surface area contributed by atoms with E-state index < -0.39 is 11.7 Å². The lowest BCUT2D eigenvalue weighted by molar-refractivity contribution is -0.246. The highest BCUT2D eigenvalue weighted by Gasteiger charge is 2.80. The highest BCUT2D eigenvalue weighted by molar-refractivity contribution is 5.66. The van der Waals surface area contributed by atoms with Gasteiger partial charge in [0.1, 0.15) is 6.26 Å². The van der Waals surface area contributed by atoms with E-state index in [-0.39, 0.29) is 36.0 Å². The second-order valence-electron chi connectivity index (χ2n) is 18.2. The molecule has 2 saturated heterocycles. The Morgan fingerprint density at radius 1 is 1.06 bits per heavy atom. The molecule has 10 nitrogen and oxygen atoms in total. The zero-order valence-corrected chi connectivity index (χ0v) is 31.0. The van der Waals surface area contributed by atoms with Gasteiger partial charge in [-0.1, -0.05) is 20.8 Å². The quantitative estimate of drug-likeness (QED) is 0.344. The molecule has 1 aromatic heterocycles. The molecule has 0 radical (unpaired) electrons. The Bertz CT molecular complexity index is 1330. The van der Waals surface area contributed by atoms with Gasteiger partial charge in [0.25, 0.3) is 0 Å². The summed E-state index contributed by atoms with van der Waals surface area (Å²) < 4.78 is 30.8. The van der Waals surface area contributed by atoms with E-state index in [1.807, 2.05) is 0 Å². The highest BCUT2D eigenvalue weighted by Crippen LogP contribution is 2.87. The summed E-state index contributed by atoms with van der Waals surface area (Å²) in [6.07, 6.45) is 14.6. The summed E-state index contributed by atoms with van der Waals surface area (Å²) in [4.78, 5) is 18.6. The van der Waals surface area contributed by atoms with Crippen molar-refractivity contribution < 1.29 is 38.4 Å². The molecule has 10 heteroatoms. The van der Waals surface area contributed by atoms with Crippen LogP contribution in [0.5, 0.6) is 0 Å². The Labute approximate surface area is 293 Å². The van der Waals surface area contributed by atoms with Crippen LogP contribution in [0.25, 0.3) is 0 Å². The molecule has 2 N–H and O–H groups in total. The van der Waals surface area contributed by atoms with Crippen LogP contribution in [0.1, 0.15) is 111 Å². The number of aliphatic hydroxyl groups excluding tert-OH is 1. The summed E-state index contributed by atoms with van der Waals surface area (Å²) in [6.45, 7) is 15.6. The lowest BCUT2D eigenvalue weighted by atomic mass is 9.46. The fraction of sp³-hybridized carbons (Fsp3) is 0.897. The lowest BCUT2D eigenvalue weighted by Gasteiger charge is -2.60. The molecule has 0 bridgehead atoms. The van der Waals surface area contributed by atoms with Crippen LogP contribution in [0.2, 0.25) is 0 Å². The number of carbonyl (C=O) groups excluding carboxylic acids is 1. The molecule has 8 unspecified atom stereocenters. The average molecular weight is 687 g/mol. The number of aromatic nitrogens is 1. The summed E-state index contributed by atoms with van der Waals surface area (Å²) in [5.41, 5.74) is 1.15. The molecular weight excluding hydrogens is 624 g/mol. The third-order valence-electron chi connectivity index (χ3n) is 15.2. The van der Waals surface area contributed by atoms with Gasteiger partial charge in [-0.15, -0.1) is 0 Å². The van der Waals surface area contributed by atoms with Crippen molar-refractivity contribution in [2.45, 2.75) is 149 Å². The maximum atomic E-state index is 12.0. The minimum Gasteiger partial charge on any atom is -0.457 e. The fourth-order valence-corrected chi connectivity index (χ4v) is 13.2. The molecule has 3 heterocycles. The van der Waals surface area contributed by atoms with Crippen molar-refractivity contribution in [3.8, 4) is 0 Å². The van der Waals surface area contributed by atoms with E-state index in [9.17, 15) is 9.90 Å². The van der Waals surface area contributed by atoms with Gasteiger partial charge in [-0.25, -0.2) is 4.98 Å². The maximum Gasteiger partial charge on any atom is 0.303 e. The Morgan fingerprint density at radius 2 is 1.84 bits per heavy atom. The molecule has 5 saturated carbocycles. The largest absolute Gasteiger partial charge is 0.457 e. The summed E-state index contributed by atoms with van der Waals surface area (Å²) in [5, 5.41) is 17.9. The lowest BCUT2D eigenvalue weighted by Crippen LogP contribution is -2.56. The summed E-state index contributed by atoms with van der Waals surface area (Å²) in [6, 6.07) is 0. The van der Waals surface area contributed by atoms with Crippen LogP contribution in [0.4, 0.5) is 0 Å². The number of oxazole rings is 1. The second kappa shape index (κ2) is 12.8. The molecular formula is C39H62N2O8. The normalized spacial score (nSPS) is 44.5. The number of hydrogen-bond donors (Lipinski definition) is 2. The van der Waals surface area contributed by atoms with Crippen LogP contribution in [-0.2, 0) is 30.3 Å². The van der Waals surface area contributed by atoms with Crippen molar-refractivity contribution in [1.29, 1.82) is 0 Å². The third-order valence-corrected chi connectivity index (χ3v) is 15.2. The van der Waals surface area contributed by atoms with Gasteiger partial charge < -0.3 is 33.6 Å². The van der Waals surface area contributed by atoms with Crippen LogP contribution in [-0.4, -0.2) is 89.2 Å². The van der Waals surface area contributed by atoms with Gasteiger partial charge in [0.15, 0.2) is 18.8 Å². The van der Waals surface area contributed by atoms with E-state index in [4.69, 9.17) is 28.5 Å². The first-order valence-electron chi connectivity index (χ1n) is 19.1. The van der Waals surface area contributed by atoms with Gasteiger partial charge in [0.05, 0.1) is 42.8 Å². The first-order valence-corrected chi connectivity index (χ1v) is 19.1. The smallest absolute Gasteiger partial charge is 0.303 e. The minimum absolute atomic E-state index is 0.105. The summed E-state index contributed by atoms with van der Waals surface area (Å²) in [7, 11) is 1.00. The number of rotatable bonds is 7. The molecule has 2 aliphatic heterocycles. The first-order chi connectivity index (χ1) is 23.3. The molecule has 7 aliphatic rings. The van der Waals surface area contributed by atoms with Crippen molar-refractivity contribution in [3.05, 3.63) is 18.4 Å². The number of ether oxygens (including phenoxy) is 4. The number of nitrogens with zero attached hydrogens (tertiary/aromatic N) is 2. The van der Waals surface area contributed by atoms with E-state index in [1.54, 1.807) is 20.1 Å². The molecule has 276 valence electrons. The number of fused-ring (bicyclic) bond motifs is 4. The van der Waals surface area contributed by atoms with Gasteiger partial charge in [0.2, 0.25) is 0 Å². The molecule has 0 amide bonds. The number of carbonyl (C=O) groups is 1. The predicted octanol–water partition coefficient (Wildman–Crippen LogP) is 5.74. The molecule has 1 aromatic rings. The van der Waals surface area contributed by atoms with Gasteiger partial charge in [-0.3, -0.25) is 9.69 Å². The second-order valence-corrected chi connectivity index (χ2v) is 18.2. The van der Waals surface area contributed by atoms with Crippen molar-refractivity contribution in [2.24, 2.45) is 45.3 Å². The first kappa shape index (κ1) is 35.8. The number of hydrogen-bond acceptors (Lipinski definition) is 10. The van der Waals surface area contributed by atoms with Crippen molar-refractivity contribution in [2.75, 3.05) is 26.8 Å². The zero-order valence-electron chi connectivity index (χ0n) is 31.0. The van der Waals surface area contributed by atoms with Gasteiger partial charge in [-0.2, -0.15) is 0 Å². The van der Waals surface area contributed by atoms with Crippen LogP contribution >= 0.6 is 0 Å². The monoisotopic (exact) mass is 686 g/mol. The average Bonchev–Trinajstić information content (AvgIpc) is 3.27. The van der Waals surface area contributed by atoms with E-state index in [0.29, 0.717) is 40.6 Å². The van der Waals surface area contributed by atoms with Gasteiger partial charge in [-0.05, 0) is 123 Å². The molecule has 12 atom stereocenters. The Morgan fingerprint density at radius 3 is 2.55 bits per heavy atom. The number of morpholine rings is 1. The topological polar surface area (TPSA) is 124 Å². The van der Waals surface area contributed by atoms with Gasteiger partial charge >= 0.3 is 5.97 Å². The maximum absolute atomic E-state index is 12.0. The van der Waals surface area contributed by atoms with E-state index in [2.05, 4.69) is 30.7 Å². The van der Waals surface area contributed by atoms with Crippen LogP contribution in [0.3, 0.4) is 0 Å². The Hall–Kier alpha value is -1.56. The van der Waals surface area contributed by atoms with Gasteiger partial charge in [0, 0.05) is 27.1 Å². The van der Waals surface area contributed by atoms with E-state index >= 15 is 0 Å². The molecule has 0 aromatic carbocycles. The number of aliphatic hydroxyl groups is 2. The third kappa shape index (κ3) is 5.83. The zero-order chi connectivity index (χ0) is 35.0. The standard InChI is InChI=1S/C38H58N2O7.CH4O/c1-23(41)45-33(35(4,5)42)28-9-7-26-29(46-28)17-27-25-8-10-30-34(2,3)31(11-12-38(30)21-37(25,38)14-13-36(26,27)6)47-32-19-40(15-16-44-32)18-24-20-43-22-39-24;1-2/h20,22,25-33,42H,7-19,21H2,1-6H3;2H,1H3/t25?,26-,27?,28?,29?,30?,31-,32?,33-,36?,37-,38?;/m0./s1. The molecule has 7 fully saturated rings. The van der Waals surface area contributed by atoms with Crippen LogP contribution < -0.4 is 0 Å². The minimum atomic E-state index is -1.14. The summed E-state index contributed by atoms with van der Waals surface area (Å²) >= 11 is 0. The Kier molecular flexibility index (Phi) is 9.38. The Balaban J connectivity index is 0.00000186. The predicted molar refractivity (Wildman–Crippen MR) is 182 cm³/mol. The van der Waals surface area contributed by atoms with Crippen molar-refractivity contribution in [3.63, 3.8) is 0 Å². The molecule has 2 spiro atoms. The van der Waals surface area contributed by atoms with Crippen molar-refractivity contribution in [1.82, 2.24) is 9.88 Å². The fourth-order valence-electron chi connectivity index (χ4n) is 13.2. The summed E-state index contributed by atoms with van der Waals surface area (Å²) in [5.74, 6) is 2.33. The van der Waals surface area contributed by atoms with Crippen LogP contribution in [0.15, 0.2) is 17.1 Å². The molecule has 5 aliphatic carbocycles. The van der Waals surface area contributed by atoms with Crippen molar-refractivity contribution >= 4 is 5.97 Å². The number of esters is 1. The molecule has 8 rings (SSSR count). The SMILES string of the molecule is CC(=O)O[C@@H](C1CC[C@H]2C(CC3C4CCC5C(C)(C)[C@@H](OC6CN(Cc7cocn7)CCO6)CCC56C[C@@]46CCC32C)O1)C(C)(C)O.CO.